The highest BCUT2D eigenvalue weighted by atomic mass is 19.1. The number of benzene rings is 2. The van der Waals surface area contributed by atoms with Crippen LogP contribution >= 0.6 is 0 Å². The number of fused-ring (bicyclic) bond motifs is 2. The van der Waals surface area contributed by atoms with E-state index in [1.54, 1.807) is 19.2 Å². The minimum atomic E-state index is -0.214. The Kier molecular flexibility index (Phi) is 4.49. The number of aromatic amines is 2. The third-order valence-corrected chi connectivity index (χ3v) is 5.79. The normalized spacial score (nSPS) is 12.8. The Balaban J connectivity index is 1.75. The lowest BCUT2D eigenvalue weighted by Gasteiger charge is -2.25. The maximum absolute atomic E-state index is 13.6. The lowest BCUT2D eigenvalue weighted by atomic mass is 9.82. The number of rotatable bonds is 4. The Bertz CT molecular complexity index is 1190. The highest BCUT2D eigenvalue weighted by Gasteiger charge is 2.26. The van der Waals surface area contributed by atoms with Gasteiger partial charge in [-0.2, -0.15) is 0 Å². The molecular formula is C25H29FN2O. The number of methoxy groups -OCH3 is 1. The number of nitrogens with one attached hydrogen (secondary N) is 2. The fourth-order valence-electron chi connectivity index (χ4n) is 4.03. The molecule has 3 nitrogen and oxygen atoms in total. The molecule has 0 saturated carbocycles. The first-order valence-electron chi connectivity index (χ1n) is 10.1. The van der Waals surface area contributed by atoms with Crippen LogP contribution in [0.15, 0.2) is 42.5 Å². The SMILES string of the molecule is COc1c(CC(C)(C)c2cc3cc(F)ccc3[nH]2)ccc2cc(C(C)(C)C)[nH]c12. The van der Waals surface area contributed by atoms with Crippen molar-refractivity contribution in [3.63, 3.8) is 0 Å². The summed E-state index contributed by atoms with van der Waals surface area (Å²) in [6.07, 6.45) is 0.797. The van der Waals surface area contributed by atoms with Crippen LogP contribution < -0.4 is 4.74 Å². The molecule has 2 N–H and O–H groups in total. The van der Waals surface area contributed by atoms with Crippen molar-refractivity contribution in [2.24, 2.45) is 0 Å². The summed E-state index contributed by atoms with van der Waals surface area (Å²) in [6.45, 7) is 11.0. The largest absolute Gasteiger partial charge is 0.494 e. The minimum Gasteiger partial charge on any atom is -0.494 e. The maximum atomic E-state index is 13.6. The molecule has 2 aromatic carbocycles. The van der Waals surface area contributed by atoms with E-state index in [-0.39, 0.29) is 16.6 Å². The van der Waals surface area contributed by atoms with Crippen LogP contribution in [-0.2, 0) is 17.3 Å². The van der Waals surface area contributed by atoms with E-state index >= 15 is 0 Å². The zero-order valence-electron chi connectivity index (χ0n) is 18.0. The first-order chi connectivity index (χ1) is 13.6. The summed E-state index contributed by atoms with van der Waals surface area (Å²) in [4.78, 5) is 7.04. The van der Waals surface area contributed by atoms with Gasteiger partial charge in [-0.15, -0.1) is 0 Å². The highest BCUT2D eigenvalue weighted by Crippen LogP contribution is 2.37. The predicted molar refractivity (Wildman–Crippen MR) is 119 cm³/mol. The van der Waals surface area contributed by atoms with E-state index in [0.29, 0.717) is 0 Å². The summed E-state index contributed by atoms with van der Waals surface area (Å²) in [6, 6.07) is 13.4. The topological polar surface area (TPSA) is 40.8 Å². The molecule has 0 spiro atoms. The molecule has 0 atom stereocenters. The van der Waals surface area contributed by atoms with Gasteiger partial charge in [0.1, 0.15) is 11.6 Å². The van der Waals surface area contributed by atoms with E-state index in [4.69, 9.17) is 4.74 Å². The smallest absolute Gasteiger partial charge is 0.146 e. The molecule has 29 heavy (non-hydrogen) atoms. The van der Waals surface area contributed by atoms with Crippen LogP contribution in [0.1, 0.15) is 51.6 Å². The highest BCUT2D eigenvalue weighted by molar-refractivity contribution is 5.88. The molecule has 2 aromatic heterocycles. The van der Waals surface area contributed by atoms with Gasteiger partial charge in [-0.25, -0.2) is 4.39 Å². The maximum Gasteiger partial charge on any atom is 0.146 e. The van der Waals surface area contributed by atoms with E-state index in [9.17, 15) is 4.39 Å². The average molecular weight is 393 g/mol. The Labute approximate surface area is 171 Å². The number of aromatic nitrogens is 2. The molecule has 0 saturated heterocycles. The van der Waals surface area contributed by atoms with E-state index < -0.39 is 0 Å². The average Bonchev–Trinajstić information content (AvgIpc) is 3.25. The van der Waals surface area contributed by atoms with Crippen molar-refractivity contribution in [3.8, 4) is 5.75 Å². The summed E-state index contributed by atoms with van der Waals surface area (Å²) in [5, 5.41) is 2.06. The van der Waals surface area contributed by atoms with Crippen LogP contribution in [0.4, 0.5) is 4.39 Å². The van der Waals surface area contributed by atoms with Crippen molar-refractivity contribution in [2.75, 3.05) is 7.11 Å². The van der Waals surface area contributed by atoms with Crippen molar-refractivity contribution in [3.05, 3.63) is 65.2 Å². The van der Waals surface area contributed by atoms with Crippen molar-refractivity contribution < 1.29 is 9.13 Å². The van der Waals surface area contributed by atoms with Gasteiger partial charge >= 0.3 is 0 Å². The first kappa shape index (κ1) is 19.6. The monoisotopic (exact) mass is 392 g/mol. The Morgan fingerprint density at radius 3 is 2.28 bits per heavy atom. The second-order valence-corrected chi connectivity index (χ2v) is 9.63. The summed E-state index contributed by atoms with van der Waals surface area (Å²) < 4.78 is 19.4. The number of hydrogen-bond acceptors (Lipinski definition) is 1. The van der Waals surface area contributed by atoms with Crippen molar-refractivity contribution in [1.82, 2.24) is 9.97 Å². The van der Waals surface area contributed by atoms with Crippen molar-refractivity contribution in [1.29, 1.82) is 0 Å². The van der Waals surface area contributed by atoms with Gasteiger partial charge in [0.05, 0.1) is 12.6 Å². The van der Waals surface area contributed by atoms with Gasteiger partial charge in [-0.3, -0.25) is 0 Å². The van der Waals surface area contributed by atoms with Crippen LogP contribution in [0, 0.1) is 5.82 Å². The molecule has 4 heteroatoms. The molecule has 0 radical (unpaired) electrons. The number of halogens is 1. The molecule has 0 bridgehead atoms. The summed E-state index contributed by atoms with van der Waals surface area (Å²) in [5.74, 6) is 0.683. The summed E-state index contributed by atoms with van der Waals surface area (Å²) >= 11 is 0. The fraction of sp³-hybridized carbons (Fsp3) is 0.360. The molecule has 0 aliphatic heterocycles. The Morgan fingerprint density at radius 2 is 1.59 bits per heavy atom. The van der Waals surface area contributed by atoms with Gasteiger partial charge in [-0.05, 0) is 42.3 Å². The van der Waals surface area contributed by atoms with E-state index in [2.05, 4.69) is 68.9 Å². The molecule has 0 amide bonds. The standard InChI is InChI=1S/C25H29FN2O/c1-24(2,3)20-12-15-7-8-16(23(29-6)22(15)28-20)14-25(4,5)21-13-17-11-18(26)9-10-19(17)27-21/h7-13,27-28H,14H2,1-6H3. The van der Waals surface area contributed by atoms with Crippen LogP contribution in [-0.4, -0.2) is 17.1 Å². The molecule has 4 aromatic rings. The van der Waals surface area contributed by atoms with Gasteiger partial charge in [-0.1, -0.05) is 46.8 Å². The summed E-state index contributed by atoms with van der Waals surface area (Å²) in [5.41, 5.74) is 5.30. The number of hydrogen-bond donors (Lipinski definition) is 2. The first-order valence-corrected chi connectivity index (χ1v) is 10.1. The van der Waals surface area contributed by atoms with Crippen LogP contribution in [0.25, 0.3) is 21.8 Å². The van der Waals surface area contributed by atoms with Crippen LogP contribution in [0.3, 0.4) is 0 Å². The zero-order chi connectivity index (χ0) is 21.0. The van der Waals surface area contributed by atoms with Crippen molar-refractivity contribution in [2.45, 2.75) is 51.9 Å². The Hall–Kier alpha value is -2.75. The predicted octanol–water partition coefficient (Wildman–Crippen LogP) is 6.61. The van der Waals surface area contributed by atoms with Gasteiger partial charge in [0.15, 0.2) is 0 Å². The minimum absolute atomic E-state index is 0.0447. The lowest BCUT2D eigenvalue weighted by Crippen LogP contribution is -2.21. The number of H-pyrrole nitrogens is 2. The Morgan fingerprint density at radius 1 is 0.862 bits per heavy atom. The zero-order valence-corrected chi connectivity index (χ0v) is 18.0. The molecule has 152 valence electrons. The van der Waals surface area contributed by atoms with Gasteiger partial charge in [0, 0.05) is 38.5 Å². The van der Waals surface area contributed by atoms with E-state index in [1.807, 2.05) is 0 Å². The molecule has 0 aliphatic carbocycles. The fourth-order valence-corrected chi connectivity index (χ4v) is 4.03. The van der Waals surface area contributed by atoms with Crippen LogP contribution in [0.5, 0.6) is 5.75 Å². The number of ether oxygens (including phenoxy) is 1. The van der Waals surface area contributed by atoms with E-state index in [0.717, 1.165) is 45.2 Å². The van der Waals surface area contributed by atoms with E-state index in [1.165, 1.54) is 11.8 Å². The molecular weight excluding hydrogens is 363 g/mol. The molecule has 2 heterocycles. The second-order valence-electron chi connectivity index (χ2n) is 9.63. The lowest BCUT2D eigenvalue weighted by molar-refractivity contribution is 0.405. The quantitative estimate of drug-likeness (QED) is 0.403. The third kappa shape index (κ3) is 3.52. The van der Waals surface area contributed by atoms with Gasteiger partial charge in [0.2, 0.25) is 0 Å². The summed E-state index contributed by atoms with van der Waals surface area (Å²) in [7, 11) is 1.73. The third-order valence-electron chi connectivity index (χ3n) is 5.79. The second kappa shape index (κ2) is 6.65. The molecule has 4 rings (SSSR count). The van der Waals surface area contributed by atoms with Crippen molar-refractivity contribution >= 4 is 21.8 Å². The molecule has 0 fully saturated rings. The van der Waals surface area contributed by atoms with Gasteiger partial charge in [0.25, 0.3) is 0 Å². The molecule has 0 unspecified atom stereocenters. The van der Waals surface area contributed by atoms with Crippen LogP contribution in [0.2, 0.25) is 0 Å². The molecule has 0 aliphatic rings. The van der Waals surface area contributed by atoms with Gasteiger partial charge < -0.3 is 14.7 Å².